The van der Waals surface area contributed by atoms with Crippen LogP contribution >= 0.6 is 0 Å². The summed E-state index contributed by atoms with van der Waals surface area (Å²) < 4.78 is 37.4. The van der Waals surface area contributed by atoms with E-state index >= 15 is 0 Å². The molecule has 0 bridgehead atoms. The molecule has 21 heavy (non-hydrogen) atoms. The van der Waals surface area contributed by atoms with E-state index in [0.717, 1.165) is 18.3 Å². The molecule has 0 aliphatic carbocycles. The zero-order chi connectivity index (χ0) is 15.5. The van der Waals surface area contributed by atoms with E-state index in [1.807, 2.05) is 5.34 Å². The first kappa shape index (κ1) is 14.6. The summed E-state index contributed by atoms with van der Waals surface area (Å²) >= 11 is 0. The summed E-state index contributed by atoms with van der Waals surface area (Å²) in [5, 5.41) is 2.00. The number of benzene rings is 1. The van der Waals surface area contributed by atoms with Gasteiger partial charge in [-0.05, 0) is 23.8 Å². The zero-order valence-corrected chi connectivity index (χ0v) is 10.3. The van der Waals surface area contributed by atoms with Crippen LogP contribution in [0.15, 0.2) is 48.1 Å². The Bertz CT molecular complexity index is 669. The summed E-state index contributed by atoms with van der Waals surface area (Å²) in [5.41, 5.74) is 0.0280. The predicted molar refractivity (Wildman–Crippen MR) is 65.9 cm³/mol. The highest BCUT2D eigenvalue weighted by Crippen LogP contribution is 2.30. The summed E-state index contributed by atoms with van der Waals surface area (Å²) in [4.78, 5) is 28.9. The van der Waals surface area contributed by atoms with Crippen LogP contribution in [-0.4, -0.2) is 11.0 Å². The smallest absolute Gasteiger partial charge is 0.279 e. The lowest BCUT2D eigenvalue weighted by Crippen LogP contribution is -2.04. The minimum absolute atomic E-state index is 0.0352. The molecule has 0 unspecified atom stereocenters. The second-order valence-corrected chi connectivity index (χ2v) is 3.99. The summed E-state index contributed by atoms with van der Waals surface area (Å²) in [7, 11) is 0. The number of hydrogen-bond acceptors (Lipinski definition) is 5. The van der Waals surface area contributed by atoms with Gasteiger partial charge in [0.05, 0.1) is 11.1 Å². The van der Waals surface area contributed by atoms with Crippen molar-refractivity contribution in [1.82, 2.24) is 4.98 Å². The Hall–Kier alpha value is -2.77. The van der Waals surface area contributed by atoms with E-state index in [1.165, 1.54) is 24.4 Å². The summed E-state index contributed by atoms with van der Waals surface area (Å²) in [6.45, 7) is 0. The van der Waals surface area contributed by atoms with Crippen molar-refractivity contribution in [2.24, 2.45) is 5.34 Å². The molecule has 1 aromatic heterocycles. The molecule has 0 N–H and O–H groups in total. The Balaban J connectivity index is 2.32. The number of hydrogen-bond donors (Lipinski definition) is 0. The van der Waals surface area contributed by atoms with Crippen molar-refractivity contribution < 1.29 is 22.8 Å². The SMILES string of the molecule is O=NOC(=O)c1cncc(-c2ccc(C(F)(F)F)cc2)c1. The van der Waals surface area contributed by atoms with Crippen molar-refractivity contribution in [2.75, 3.05) is 0 Å². The van der Waals surface area contributed by atoms with E-state index in [0.29, 0.717) is 11.1 Å². The number of nitrogens with zero attached hydrogens (tertiary/aromatic N) is 2. The molecule has 2 aromatic rings. The predicted octanol–water partition coefficient (Wildman–Crippen LogP) is 3.61. The van der Waals surface area contributed by atoms with Crippen LogP contribution in [0.2, 0.25) is 0 Å². The van der Waals surface area contributed by atoms with Crippen LogP contribution in [0.4, 0.5) is 13.2 Å². The highest BCUT2D eigenvalue weighted by molar-refractivity contribution is 5.90. The number of halogens is 3. The molecule has 0 fully saturated rings. The lowest BCUT2D eigenvalue weighted by Gasteiger charge is -2.08. The molecule has 0 spiro atoms. The molecule has 108 valence electrons. The molecule has 2 rings (SSSR count). The molecule has 0 aliphatic heterocycles. The topological polar surface area (TPSA) is 68.6 Å². The van der Waals surface area contributed by atoms with E-state index in [-0.39, 0.29) is 5.56 Å². The molecule has 0 radical (unpaired) electrons. The second kappa shape index (κ2) is 5.70. The zero-order valence-electron chi connectivity index (χ0n) is 10.3. The molecule has 5 nitrogen and oxygen atoms in total. The standard InChI is InChI=1S/C13H7F3N2O3/c14-13(15,16)11-3-1-8(2-4-11)9-5-10(7-17-6-9)12(19)21-18-20/h1-7H. The quantitative estimate of drug-likeness (QED) is 0.641. The lowest BCUT2D eigenvalue weighted by molar-refractivity contribution is -0.137. The minimum atomic E-state index is -4.42. The molecule has 0 amide bonds. The fourth-order valence-corrected chi connectivity index (χ4v) is 1.65. The average molecular weight is 296 g/mol. The van der Waals surface area contributed by atoms with Gasteiger partial charge in [-0.1, -0.05) is 12.1 Å². The van der Waals surface area contributed by atoms with Crippen LogP contribution in [0.5, 0.6) is 0 Å². The van der Waals surface area contributed by atoms with Gasteiger partial charge in [0.2, 0.25) is 0 Å². The molecule has 1 aromatic carbocycles. The first-order valence-electron chi connectivity index (χ1n) is 5.58. The van der Waals surface area contributed by atoms with Crippen molar-refractivity contribution in [1.29, 1.82) is 0 Å². The Morgan fingerprint density at radius 1 is 1.10 bits per heavy atom. The second-order valence-electron chi connectivity index (χ2n) is 3.99. The van der Waals surface area contributed by atoms with Gasteiger partial charge in [-0.15, -0.1) is 4.91 Å². The summed E-state index contributed by atoms with van der Waals surface area (Å²) in [6.07, 6.45) is -1.90. The third kappa shape index (κ3) is 3.41. The largest absolute Gasteiger partial charge is 0.416 e. The number of carbonyl (C=O) groups excluding carboxylic acids is 1. The molecular formula is C13H7F3N2O3. The van der Waals surface area contributed by atoms with Crippen molar-refractivity contribution in [2.45, 2.75) is 6.18 Å². The number of aromatic nitrogens is 1. The highest BCUT2D eigenvalue weighted by Gasteiger charge is 2.29. The third-order valence-corrected chi connectivity index (χ3v) is 2.64. The van der Waals surface area contributed by atoms with Gasteiger partial charge in [-0.3, -0.25) is 9.82 Å². The van der Waals surface area contributed by atoms with Crippen LogP contribution in [0.25, 0.3) is 11.1 Å². The minimum Gasteiger partial charge on any atom is -0.279 e. The van der Waals surface area contributed by atoms with Gasteiger partial charge in [0.15, 0.2) is 5.34 Å². The van der Waals surface area contributed by atoms with E-state index < -0.39 is 17.7 Å². The fourth-order valence-electron chi connectivity index (χ4n) is 1.65. The average Bonchev–Trinajstić information content (AvgIpc) is 2.47. The fraction of sp³-hybridized carbons (Fsp3) is 0.0769. The van der Waals surface area contributed by atoms with E-state index in [1.54, 1.807) is 0 Å². The van der Waals surface area contributed by atoms with Gasteiger partial charge in [0.25, 0.3) is 0 Å². The number of carbonyl (C=O) groups is 1. The Kier molecular flexibility index (Phi) is 3.97. The van der Waals surface area contributed by atoms with Gasteiger partial charge in [-0.2, -0.15) is 13.2 Å². The molecule has 0 atom stereocenters. The van der Waals surface area contributed by atoms with Crippen molar-refractivity contribution >= 4 is 5.97 Å². The van der Waals surface area contributed by atoms with E-state index in [9.17, 15) is 22.9 Å². The Morgan fingerprint density at radius 3 is 2.33 bits per heavy atom. The number of alkyl halides is 3. The maximum absolute atomic E-state index is 12.5. The maximum atomic E-state index is 12.5. The van der Waals surface area contributed by atoms with Gasteiger partial charge >= 0.3 is 12.1 Å². The normalized spacial score (nSPS) is 11.0. The van der Waals surface area contributed by atoms with Crippen LogP contribution in [0.3, 0.4) is 0 Å². The van der Waals surface area contributed by atoms with E-state index in [4.69, 9.17) is 0 Å². The van der Waals surface area contributed by atoms with E-state index in [2.05, 4.69) is 9.82 Å². The van der Waals surface area contributed by atoms with Crippen molar-refractivity contribution in [3.05, 3.63) is 58.8 Å². The van der Waals surface area contributed by atoms with Crippen molar-refractivity contribution in [3.8, 4) is 11.1 Å². The molecule has 8 heteroatoms. The number of rotatable bonds is 3. The maximum Gasteiger partial charge on any atom is 0.416 e. The molecule has 0 saturated carbocycles. The molecule has 1 heterocycles. The number of pyridine rings is 1. The first-order chi connectivity index (χ1) is 9.91. The lowest BCUT2D eigenvalue weighted by atomic mass is 10.0. The third-order valence-electron chi connectivity index (χ3n) is 2.64. The van der Waals surface area contributed by atoms with Crippen LogP contribution < -0.4 is 0 Å². The van der Waals surface area contributed by atoms with Gasteiger partial charge in [0.1, 0.15) is 0 Å². The molecule has 0 aliphatic rings. The van der Waals surface area contributed by atoms with Gasteiger partial charge in [-0.25, -0.2) is 4.79 Å². The van der Waals surface area contributed by atoms with Crippen LogP contribution in [-0.2, 0) is 11.0 Å². The van der Waals surface area contributed by atoms with Crippen LogP contribution in [0, 0.1) is 4.91 Å². The Morgan fingerprint density at radius 2 is 1.76 bits per heavy atom. The van der Waals surface area contributed by atoms with Gasteiger partial charge in [0, 0.05) is 18.0 Å². The summed E-state index contributed by atoms with van der Waals surface area (Å²) in [6, 6.07) is 5.70. The van der Waals surface area contributed by atoms with Crippen LogP contribution in [0.1, 0.15) is 15.9 Å². The highest BCUT2D eigenvalue weighted by atomic mass is 19.4. The monoisotopic (exact) mass is 296 g/mol. The van der Waals surface area contributed by atoms with Crippen molar-refractivity contribution in [3.63, 3.8) is 0 Å². The molecule has 0 saturated heterocycles. The Labute approximate surface area is 116 Å². The first-order valence-corrected chi connectivity index (χ1v) is 5.58. The summed E-state index contributed by atoms with van der Waals surface area (Å²) in [5.74, 6) is -0.994. The van der Waals surface area contributed by atoms with Gasteiger partial charge < -0.3 is 0 Å². The molecular weight excluding hydrogens is 289 g/mol.